The Balaban J connectivity index is 1.62. The SMILES string of the molecule is CCn1c(S[C@@H]2C[C@H](C)OC2=O)nnc1-c1cc(-c2ccc(C)cc2)nc2ccccc12. The Morgan fingerprint density at radius 2 is 1.91 bits per heavy atom. The zero-order chi connectivity index (χ0) is 22.2. The smallest absolute Gasteiger partial charge is 0.319 e. The highest BCUT2D eigenvalue weighted by Crippen LogP contribution is 2.36. The minimum atomic E-state index is -0.246. The van der Waals surface area contributed by atoms with Gasteiger partial charge in [-0.2, -0.15) is 0 Å². The molecule has 0 amide bonds. The lowest BCUT2D eigenvalue weighted by Gasteiger charge is -2.12. The van der Waals surface area contributed by atoms with Gasteiger partial charge < -0.3 is 9.30 Å². The molecule has 1 aliphatic rings. The number of aryl methyl sites for hydroxylation is 1. The topological polar surface area (TPSA) is 69.9 Å². The maximum Gasteiger partial charge on any atom is 0.319 e. The van der Waals surface area contributed by atoms with Crippen LogP contribution in [0.1, 0.15) is 25.8 Å². The van der Waals surface area contributed by atoms with Gasteiger partial charge in [0, 0.05) is 29.5 Å². The van der Waals surface area contributed by atoms with E-state index in [4.69, 9.17) is 9.72 Å². The largest absolute Gasteiger partial charge is 0.462 e. The van der Waals surface area contributed by atoms with Gasteiger partial charge in [0.05, 0.1) is 11.2 Å². The number of nitrogens with zero attached hydrogens (tertiary/aromatic N) is 4. The summed E-state index contributed by atoms with van der Waals surface area (Å²) in [5.41, 5.74) is 5.06. The van der Waals surface area contributed by atoms with Gasteiger partial charge in [-0.1, -0.05) is 59.8 Å². The molecule has 2 atom stereocenters. The molecule has 3 heterocycles. The number of hydrogen-bond donors (Lipinski definition) is 0. The molecule has 7 heteroatoms. The van der Waals surface area contributed by atoms with Gasteiger partial charge >= 0.3 is 5.97 Å². The fraction of sp³-hybridized carbons (Fsp3) is 0.280. The van der Waals surface area contributed by atoms with Gasteiger partial charge in [-0.3, -0.25) is 4.79 Å². The number of ether oxygens (including phenoxy) is 1. The molecule has 2 aromatic heterocycles. The van der Waals surface area contributed by atoms with Gasteiger partial charge in [0.15, 0.2) is 11.0 Å². The molecule has 162 valence electrons. The molecule has 0 saturated carbocycles. The summed E-state index contributed by atoms with van der Waals surface area (Å²) in [6.07, 6.45) is 0.629. The molecule has 1 saturated heterocycles. The third-order valence-electron chi connectivity index (χ3n) is 5.71. The number of rotatable bonds is 5. The molecule has 2 aromatic carbocycles. The van der Waals surface area contributed by atoms with Gasteiger partial charge in [-0.15, -0.1) is 10.2 Å². The summed E-state index contributed by atoms with van der Waals surface area (Å²) in [7, 11) is 0. The first kappa shape index (κ1) is 20.7. The first-order chi connectivity index (χ1) is 15.5. The lowest BCUT2D eigenvalue weighted by molar-refractivity contribution is -0.140. The predicted octanol–water partition coefficient (Wildman–Crippen LogP) is 5.28. The predicted molar refractivity (Wildman–Crippen MR) is 126 cm³/mol. The number of hydrogen-bond acceptors (Lipinski definition) is 6. The lowest BCUT2D eigenvalue weighted by atomic mass is 10.0. The second-order valence-electron chi connectivity index (χ2n) is 8.08. The van der Waals surface area contributed by atoms with E-state index in [-0.39, 0.29) is 17.3 Å². The van der Waals surface area contributed by atoms with E-state index >= 15 is 0 Å². The molecule has 0 aliphatic carbocycles. The van der Waals surface area contributed by atoms with Gasteiger partial charge in [0.25, 0.3) is 0 Å². The zero-order valence-corrected chi connectivity index (χ0v) is 19.1. The van der Waals surface area contributed by atoms with Crippen molar-refractivity contribution in [2.24, 2.45) is 0 Å². The highest BCUT2D eigenvalue weighted by atomic mass is 32.2. The van der Waals surface area contributed by atoms with Gasteiger partial charge in [-0.25, -0.2) is 4.98 Å². The quantitative estimate of drug-likeness (QED) is 0.390. The highest BCUT2D eigenvalue weighted by molar-refractivity contribution is 8.00. The van der Waals surface area contributed by atoms with Crippen LogP contribution in [0.25, 0.3) is 33.5 Å². The van der Waals surface area contributed by atoms with Gasteiger partial charge in [0.1, 0.15) is 11.4 Å². The number of pyridine rings is 1. The summed E-state index contributed by atoms with van der Waals surface area (Å²) in [5.74, 6) is 0.604. The van der Waals surface area contributed by atoms with Crippen molar-refractivity contribution in [3.8, 4) is 22.6 Å². The molecule has 6 nitrogen and oxygen atoms in total. The standard InChI is InChI=1S/C25H24N4O2S/c1-4-29-23(27-28-25(29)32-22-13-16(3)31-24(22)30)19-14-21(17-11-9-15(2)10-12-17)26-20-8-6-5-7-18(19)20/h5-12,14,16,22H,4,13H2,1-3H3/t16-,22+/m0/s1. The Morgan fingerprint density at radius 1 is 1.12 bits per heavy atom. The fourth-order valence-electron chi connectivity index (χ4n) is 4.04. The molecule has 0 radical (unpaired) electrons. The minimum Gasteiger partial charge on any atom is -0.462 e. The Kier molecular flexibility index (Phi) is 5.43. The number of fused-ring (bicyclic) bond motifs is 1. The van der Waals surface area contributed by atoms with Crippen LogP contribution in [0.3, 0.4) is 0 Å². The monoisotopic (exact) mass is 444 g/mol. The maximum absolute atomic E-state index is 12.2. The van der Waals surface area contributed by atoms with E-state index in [1.807, 2.05) is 25.1 Å². The first-order valence-electron chi connectivity index (χ1n) is 10.8. The van der Waals surface area contributed by atoms with Crippen LogP contribution < -0.4 is 0 Å². The number of para-hydroxylation sites is 1. The van der Waals surface area contributed by atoms with Crippen LogP contribution in [0.4, 0.5) is 0 Å². The van der Waals surface area contributed by atoms with Crippen LogP contribution in [-0.4, -0.2) is 37.1 Å². The molecule has 0 N–H and O–H groups in total. The van der Waals surface area contributed by atoms with E-state index in [0.717, 1.165) is 38.7 Å². The van der Waals surface area contributed by atoms with Crippen molar-refractivity contribution >= 4 is 28.6 Å². The molecule has 5 rings (SSSR count). The Morgan fingerprint density at radius 3 is 2.62 bits per heavy atom. The molecular weight excluding hydrogens is 420 g/mol. The summed E-state index contributed by atoms with van der Waals surface area (Å²) in [4.78, 5) is 17.1. The normalized spacial score (nSPS) is 18.3. The van der Waals surface area contributed by atoms with Gasteiger partial charge in [-0.05, 0) is 32.9 Å². The molecule has 0 spiro atoms. The Hall–Kier alpha value is -3.19. The van der Waals surface area contributed by atoms with Crippen molar-refractivity contribution in [1.29, 1.82) is 0 Å². The van der Waals surface area contributed by atoms with Crippen molar-refractivity contribution in [2.75, 3.05) is 0 Å². The molecule has 1 fully saturated rings. The summed E-state index contributed by atoms with van der Waals surface area (Å²) >= 11 is 1.44. The number of cyclic esters (lactones) is 1. The van der Waals surface area contributed by atoms with Crippen molar-refractivity contribution in [3.63, 3.8) is 0 Å². The van der Waals surface area contributed by atoms with E-state index in [1.165, 1.54) is 17.3 Å². The van der Waals surface area contributed by atoms with Crippen molar-refractivity contribution < 1.29 is 9.53 Å². The third kappa shape index (κ3) is 3.77. The van der Waals surface area contributed by atoms with Crippen LogP contribution in [-0.2, 0) is 16.1 Å². The number of benzene rings is 2. The van der Waals surface area contributed by atoms with E-state index < -0.39 is 0 Å². The van der Waals surface area contributed by atoms with E-state index in [2.05, 4.69) is 65.0 Å². The molecule has 32 heavy (non-hydrogen) atoms. The third-order valence-corrected chi connectivity index (χ3v) is 6.89. The Labute approximate surface area is 191 Å². The average Bonchev–Trinajstić information content (AvgIpc) is 3.35. The number of carbonyl (C=O) groups excluding carboxylic acids is 1. The summed E-state index contributed by atoms with van der Waals surface area (Å²) < 4.78 is 7.39. The zero-order valence-electron chi connectivity index (χ0n) is 18.3. The van der Waals surface area contributed by atoms with Crippen LogP contribution in [0.15, 0.2) is 59.8 Å². The summed E-state index contributed by atoms with van der Waals surface area (Å²) in [5, 5.41) is 10.5. The van der Waals surface area contributed by atoms with Gasteiger partial charge in [0.2, 0.25) is 0 Å². The lowest BCUT2D eigenvalue weighted by Crippen LogP contribution is -2.11. The van der Waals surface area contributed by atoms with Crippen LogP contribution in [0.5, 0.6) is 0 Å². The van der Waals surface area contributed by atoms with Crippen LogP contribution >= 0.6 is 11.8 Å². The number of aromatic nitrogens is 4. The average molecular weight is 445 g/mol. The van der Waals surface area contributed by atoms with Crippen molar-refractivity contribution in [3.05, 3.63) is 60.2 Å². The molecule has 0 unspecified atom stereocenters. The van der Waals surface area contributed by atoms with Crippen LogP contribution in [0.2, 0.25) is 0 Å². The summed E-state index contributed by atoms with van der Waals surface area (Å²) in [6.45, 7) is 6.76. The van der Waals surface area contributed by atoms with Crippen LogP contribution in [0, 0.1) is 6.92 Å². The number of esters is 1. The van der Waals surface area contributed by atoms with Crippen molar-refractivity contribution in [1.82, 2.24) is 19.7 Å². The minimum absolute atomic E-state index is 0.0568. The second kappa shape index (κ2) is 8.39. The first-order valence-corrected chi connectivity index (χ1v) is 11.7. The van der Waals surface area contributed by atoms with E-state index in [1.54, 1.807) is 0 Å². The molecule has 0 bridgehead atoms. The van der Waals surface area contributed by atoms with E-state index in [9.17, 15) is 4.79 Å². The maximum atomic E-state index is 12.2. The number of thioether (sulfide) groups is 1. The number of carbonyl (C=O) groups is 1. The Bertz CT molecular complexity index is 1300. The highest BCUT2D eigenvalue weighted by Gasteiger charge is 2.34. The molecular formula is C25H24N4O2S. The van der Waals surface area contributed by atoms with Crippen molar-refractivity contribution in [2.45, 2.75) is 50.2 Å². The second-order valence-corrected chi connectivity index (χ2v) is 9.25. The van der Waals surface area contributed by atoms with E-state index in [0.29, 0.717) is 13.0 Å². The fourth-order valence-corrected chi connectivity index (χ4v) is 5.24. The summed E-state index contributed by atoms with van der Waals surface area (Å²) in [6, 6.07) is 18.6. The molecule has 4 aromatic rings. The molecule has 1 aliphatic heterocycles.